The molecule has 6 heteroatoms. The molecule has 0 aliphatic rings. The SMILES string of the molecule is CCCCCCCCCCCCCCCCCC(=O)O[Si](CCCCCCCCC)(OC)OC(=O)CCCCCCCCCCCCCCCCC. The van der Waals surface area contributed by atoms with Gasteiger partial charge in [-0.05, 0) is 19.3 Å². The van der Waals surface area contributed by atoms with Gasteiger partial charge in [0.1, 0.15) is 0 Å². The van der Waals surface area contributed by atoms with Crippen molar-refractivity contribution in [1.82, 2.24) is 0 Å². The predicted molar refractivity (Wildman–Crippen MR) is 227 cm³/mol. The van der Waals surface area contributed by atoms with Crippen LogP contribution in [0.1, 0.15) is 271 Å². The molecule has 0 amide bonds. The summed E-state index contributed by atoms with van der Waals surface area (Å²) < 4.78 is 17.8. The van der Waals surface area contributed by atoms with Crippen LogP contribution in [0.4, 0.5) is 0 Å². The molecule has 0 saturated carbocycles. The molecule has 52 heavy (non-hydrogen) atoms. The van der Waals surface area contributed by atoms with Gasteiger partial charge < -0.3 is 13.3 Å². The first kappa shape index (κ1) is 51.1. The average molecular weight is 753 g/mol. The third kappa shape index (κ3) is 36.1. The van der Waals surface area contributed by atoms with Crippen LogP contribution in [0.3, 0.4) is 0 Å². The van der Waals surface area contributed by atoms with Crippen molar-refractivity contribution in [3.8, 4) is 0 Å². The molecule has 0 aromatic rings. The standard InChI is InChI=1S/C46H92O5Si/c1-5-8-11-14-17-19-21-23-25-27-29-31-33-36-39-42-45(47)50-52(49-4,44-41-38-35-16-13-10-7-3)51-46(48)43-40-37-34-32-30-28-26-24-22-20-18-15-12-9-6-2/h5-44H2,1-4H3. The second-order valence-corrected chi connectivity index (χ2v) is 18.8. The Morgan fingerprint density at radius 3 is 0.769 bits per heavy atom. The van der Waals surface area contributed by atoms with Crippen LogP contribution in [0.15, 0.2) is 0 Å². The van der Waals surface area contributed by atoms with Crippen molar-refractivity contribution in [3.05, 3.63) is 0 Å². The molecule has 0 atom stereocenters. The van der Waals surface area contributed by atoms with Crippen LogP contribution in [-0.4, -0.2) is 27.9 Å². The minimum atomic E-state index is -3.39. The number of carbonyl (C=O) groups is 2. The summed E-state index contributed by atoms with van der Waals surface area (Å²) in [5.41, 5.74) is 0. The van der Waals surface area contributed by atoms with E-state index in [4.69, 9.17) is 13.3 Å². The number of carbonyl (C=O) groups excluding carboxylic acids is 2. The number of rotatable bonds is 43. The second kappa shape index (κ2) is 41.3. The molecule has 0 spiro atoms. The number of hydrogen-bond acceptors (Lipinski definition) is 5. The van der Waals surface area contributed by atoms with Crippen molar-refractivity contribution in [2.45, 2.75) is 277 Å². The lowest BCUT2D eigenvalue weighted by atomic mass is 10.0. The van der Waals surface area contributed by atoms with Crippen molar-refractivity contribution < 1.29 is 22.9 Å². The number of hydrogen-bond donors (Lipinski definition) is 0. The van der Waals surface area contributed by atoms with Gasteiger partial charge in [-0.1, -0.05) is 239 Å². The lowest BCUT2D eigenvalue weighted by molar-refractivity contribution is -0.145. The normalized spacial score (nSPS) is 11.7. The maximum Gasteiger partial charge on any atom is 0.635 e. The molecule has 0 unspecified atom stereocenters. The van der Waals surface area contributed by atoms with E-state index in [9.17, 15) is 9.59 Å². The Kier molecular flexibility index (Phi) is 40.6. The monoisotopic (exact) mass is 753 g/mol. The summed E-state index contributed by atoms with van der Waals surface area (Å²) in [7, 11) is -1.82. The van der Waals surface area contributed by atoms with Crippen LogP contribution in [0.2, 0.25) is 6.04 Å². The Bertz CT molecular complexity index is 696. The molecule has 0 heterocycles. The van der Waals surface area contributed by atoms with E-state index in [0.29, 0.717) is 18.9 Å². The Hall–Kier alpha value is -0.883. The van der Waals surface area contributed by atoms with Gasteiger partial charge in [-0.2, -0.15) is 0 Å². The van der Waals surface area contributed by atoms with Gasteiger partial charge in [0.15, 0.2) is 0 Å². The smallest absolute Gasteiger partial charge is 0.464 e. The number of unbranched alkanes of at least 4 members (excludes halogenated alkanes) is 34. The Morgan fingerprint density at radius 1 is 0.327 bits per heavy atom. The van der Waals surface area contributed by atoms with Gasteiger partial charge in [0.2, 0.25) is 0 Å². The summed E-state index contributed by atoms with van der Waals surface area (Å²) >= 11 is 0. The van der Waals surface area contributed by atoms with Crippen LogP contribution in [0.5, 0.6) is 0 Å². The summed E-state index contributed by atoms with van der Waals surface area (Å²) in [4.78, 5) is 26.0. The van der Waals surface area contributed by atoms with Gasteiger partial charge in [0.25, 0.3) is 11.9 Å². The van der Waals surface area contributed by atoms with Crippen molar-refractivity contribution in [2.75, 3.05) is 7.11 Å². The van der Waals surface area contributed by atoms with Gasteiger partial charge >= 0.3 is 8.80 Å². The van der Waals surface area contributed by atoms with E-state index in [0.717, 1.165) is 44.9 Å². The minimum absolute atomic E-state index is 0.258. The molecule has 0 N–H and O–H groups in total. The van der Waals surface area contributed by atoms with E-state index in [1.54, 1.807) is 7.11 Å². The molecule has 0 rings (SSSR count). The average Bonchev–Trinajstić information content (AvgIpc) is 3.14. The minimum Gasteiger partial charge on any atom is -0.464 e. The van der Waals surface area contributed by atoms with E-state index in [1.807, 2.05) is 0 Å². The summed E-state index contributed by atoms with van der Waals surface area (Å²) in [5.74, 6) is -0.517. The van der Waals surface area contributed by atoms with Gasteiger partial charge in [-0.3, -0.25) is 9.59 Å². The van der Waals surface area contributed by atoms with E-state index >= 15 is 0 Å². The summed E-state index contributed by atoms with van der Waals surface area (Å²) in [5, 5.41) is 0. The Morgan fingerprint density at radius 2 is 0.538 bits per heavy atom. The lowest BCUT2D eigenvalue weighted by Crippen LogP contribution is -2.48. The van der Waals surface area contributed by atoms with Crippen molar-refractivity contribution in [2.24, 2.45) is 0 Å². The third-order valence-electron chi connectivity index (χ3n) is 10.9. The molecule has 0 saturated heterocycles. The van der Waals surface area contributed by atoms with Crippen LogP contribution >= 0.6 is 0 Å². The van der Waals surface area contributed by atoms with Crippen LogP contribution in [0.25, 0.3) is 0 Å². The van der Waals surface area contributed by atoms with Gasteiger partial charge in [-0.25, -0.2) is 0 Å². The quantitative estimate of drug-likeness (QED) is 0.0458. The first-order chi connectivity index (χ1) is 25.5. The molecule has 0 aromatic carbocycles. The lowest BCUT2D eigenvalue weighted by Gasteiger charge is -2.27. The topological polar surface area (TPSA) is 61.8 Å². The fourth-order valence-corrected chi connectivity index (χ4v) is 9.53. The second-order valence-electron chi connectivity index (χ2n) is 16.1. The highest BCUT2D eigenvalue weighted by Gasteiger charge is 2.47. The Balaban J connectivity index is 4.29. The van der Waals surface area contributed by atoms with Gasteiger partial charge in [0.05, 0.1) is 0 Å². The predicted octanol–water partition coefficient (Wildman–Crippen LogP) is 15.9. The van der Waals surface area contributed by atoms with Crippen molar-refractivity contribution in [1.29, 1.82) is 0 Å². The fourth-order valence-electron chi connectivity index (χ4n) is 7.34. The molecule has 0 aromatic heterocycles. The Labute approximate surface area is 327 Å². The van der Waals surface area contributed by atoms with Crippen LogP contribution < -0.4 is 0 Å². The first-order valence-electron chi connectivity index (χ1n) is 23.5. The van der Waals surface area contributed by atoms with Gasteiger partial charge in [-0.15, -0.1) is 0 Å². The zero-order chi connectivity index (χ0) is 38.1. The van der Waals surface area contributed by atoms with E-state index in [1.165, 1.54) is 193 Å². The molecule has 0 bridgehead atoms. The van der Waals surface area contributed by atoms with E-state index in [-0.39, 0.29) is 11.9 Å². The third-order valence-corrected chi connectivity index (χ3v) is 13.6. The summed E-state index contributed by atoms with van der Waals surface area (Å²) in [6, 6.07) is 0.534. The van der Waals surface area contributed by atoms with Gasteiger partial charge in [0, 0.05) is 26.0 Å². The van der Waals surface area contributed by atoms with E-state index in [2.05, 4.69) is 20.8 Å². The molecule has 0 aliphatic carbocycles. The molecule has 5 nitrogen and oxygen atoms in total. The molecule has 0 radical (unpaired) electrons. The fraction of sp³-hybridized carbons (Fsp3) is 0.957. The highest BCUT2D eigenvalue weighted by atomic mass is 28.4. The largest absolute Gasteiger partial charge is 0.635 e. The maximum atomic E-state index is 13.0. The first-order valence-corrected chi connectivity index (χ1v) is 25.5. The summed E-state index contributed by atoms with van der Waals surface area (Å²) in [6.07, 6.45) is 47.8. The highest BCUT2D eigenvalue weighted by molar-refractivity contribution is 6.64. The van der Waals surface area contributed by atoms with Crippen molar-refractivity contribution in [3.63, 3.8) is 0 Å². The van der Waals surface area contributed by atoms with E-state index < -0.39 is 8.80 Å². The molecule has 310 valence electrons. The molecule has 0 aliphatic heterocycles. The zero-order valence-corrected chi connectivity index (χ0v) is 36.8. The maximum absolute atomic E-state index is 13.0. The highest BCUT2D eigenvalue weighted by Crippen LogP contribution is 2.23. The van der Waals surface area contributed by atoms with Crippen LogP contribution in [-0.2, 0) is 22.9 Å². The molecular formula is C46H92O5Si. The summed E-state index contributed by atoms with van der Waals surface area (Å²) in [6.45, 7) is 6.80. The van der Waals surface area contributed by atoms with Crippen LogP contribution in [0, 0.1) is 0 Å². The molecular weight excluding hydrogens is 661 g/mol. The van der Waals surface area contributed by atoms with Crippen molar-refractivity contribution >= 4 is 20.7 Å². The molecule has 0 fully saturated rings. The zero-order valence-electron chi connectivity index (χ0n) is 35.8.